The Hall–Kier alpha value is -1.72. The summed E-state index contributed by atoms with van der Waals surface area (Å²) in [5.41, 5.74) is 3.44. The summed E-state index contributed by atoms with van der Waals surface area (Å²) in [6, 6.07) is 4.61. The van der Waals surface area contributed by atoms with Gasteiger partial charge < -0.3 is 4.90 Å². The van der Waals surface area contributed by atoms with E-state index in [2.05, 4.69) is 9.88 Å². The zero-order valence-corrected chi connectivity index (χ0v) is 16.1. The van der Waals surface area contributed by atoms with Crippen molar-refractivity contribution in [1.29, 1.82) is 0 Å². The Morgan fingerprint density at radius 1 is 1.31 bits per heavy atom. The summed E-state index contributed by atoms with van der Waals surface area (Å²) in [4.78, 5) is 13.7. The highest BCUT2D eigenvalue weighted by atomic mass is 35.5. The first-order chi connectivity index (χ1) is 12.5. The molecule has 1 atom stereocenters. The van der Waals surface area contributed by atoms with Gasteiger partial charge in [-0.05, 0) is 61.6 Å². The van der Waals surface area contributed by atoms with Crippen LogP contribution in [0.1, 0.15) is 36.1 Å². The molecule has 1 unspecified atom stereocenters. The lowest BCUT2D eigenvalue weighted by Crippen LogP contribution is -2.45. The lowest BCUT2D eigenvalue weighted by Gasteiger charge is -2.40. The van der Waals surface area contributed by atoms with Crippen LogP contribution in [0.15, 0.2) is 24.4 Å². The van der Waals surface area contributed by atoms with Crippen molar-refractivity contribution in [2.75, 3.05) is 32.1 Å². The number of rotatable bonds is 3. The zero-order valence-electron chi connectivity index (χ0n) is 15.3. The third kappa shape index (κ3) is 3.19. The number of hydrogen-bond acceptors (Lipinski definition) is 4. The van der Waals surface area contributed by atoms with E-state index in [-0.39, 0.29) is 11.2 Å². The number of anilines is 1. The smallest absolute Gasteiger partial charge is 0.225 e. The number of fused-ring (bicyclic) bond motifs is 2. The maximum Gasteiger partial charge on any atom is 0.225 e. The molecule has 1 fully saturated rings. The van der Waals surface area contributed by atoms with Crippen LogP contribution in [0.25, 0.3) is 0 Å². The Kier molecular flexibility index (Phi) is 4.61. The van der Waals surface area contributed by atoms with Gasteiger partial charge in [-0.2, -0.15) is 0 Å². The molecule has 1 aromatic carbocycles. The van der Waals surface area contributed by atoms with Crippen LogP contribution in [0, 0.1) is 5.82 Å². The lowest BCUT2D eigenvalue weighted by atomic mass is 9.77. The van der Waals surface area contributed by atoms with E-state index in [1.807, 2.05) is 25.2 Å². The number of hydrogen-bond donors (Lipinski definition) is 0. The number of aryl methyl sites for hydroxylation is 1. The molecule has 2 heterocycles. The largest absolute Gasteiger partial charge is 0.347 e. The number of halogens is 2. The quantitative estimate of drug-likeness (QED) is 0.817. The Bertz CT molecular complexity index is 821. The highest BCUT2D eigenvalue weighted by Gasteiger charge is 2.43. The predicted octanol–water partition coefficient (Wildman–Crippen LogP) is 3.82. The van der Waals surface area contributed by atoms with E-state index in [9.17, 15) is 4.39 Å². The molecule has 4 nitrogen and oxygen atoms in total. The normalized spacial score (nSPS) is 22.6. The molecule has 1 aromatic heterocycles. The van der Waals surface area contributed by atoms with E-state index in [1.54, 1.807) is 12.1 Å². The molecule has 26 heavy (non-hydrogen) atoms. The van der Waals surface area contributed by atoms with Gasteiger partial charge in [-0.15, -0.1) is 0 Å². The third-order valence-electron chi connectivity index (χ3n) is 5.68. The van der Waals surface area contributed by atoms with Crippen LogP contribution in [-0.4, -0.2) is 42.1 Å². The van der Waals surface area contributed by atoms with Gasteiger partial charge in [0.25, 0.3) is 0 Å². The van der Waals surface area contributed by atoms with Crippen molar-refractivity contribution in [1.82, 2.24) is 14.9 Å². The summed E-state index contributed by atoms with van der Waals surface area (Å²) in [6.45, 7) is 2.63. The molecule has 0 N–H and O–H groups in total. The fourth-order valence-corrected chi connectivity index (χ4v) is 4.59. The summed E-state index contributed by atoms with van der Waals surface area (Å²) in [5.74, 6) is 0.543. The molecule has 2 aromatic rings. The highest BCUT2D eigenvalue weighted by molar-refractivity contribution is 6.31. The maximum atomic E-state index is 13.6. The van der Waals surface area contributed by atoms with Gasteiger partial charge in [-0.3, -0.25) is 4.90 Å². The Morgan fingerprint density at radius 3 is 2.96 bits per heavy atom. The van der Waals surface area contributed by atoms with E-state index in [4.69, 9.17) is 16.6 Å². The standard InChI is InChI=1S/C20H24ClFN4/c1-25(2)19-23-11-14-6-8-20(18(14)24-19)7-3-9-26(13-20)12-15-10-16(22)4-5-17(15)21/h4-5,10-11H,3,6-9,12-13H2,1-2H3. The number of piperidine rings is 1. The molecule has 2 aliphatic rings. The summed E-state index contributed by atoms with van der Waals surface area (Å²) in [5, 5.41) is 0.634. The molecule has 1 spiro atoms. The molecule has 1 aliphatic heterocycles. The molecule has 0 saturated carbocycles. The first kappa shape index (κ1) is 17.7. The Labute approximate surface area is 159 Å². The average Bonchev–Trinajstić information content (AvgIpc) is 2.96. The van der Waals surface area contributed by atoms with Crippen molar-refractivity contribution >= 4 is 17.5 Å². The molecule has 1 saturated heterocycles. The summed E-state index contributed by atoms with van der Waals surface area (Å²) in [7, 11) is 3.95. The summed E-state index contributed by atoms with van der Waals surface area (Å²) < 4.78 is 13.6. The minimum absolute atomic E-state index is 0.0844. The van der Waals surface area contributed by atoms with Crippen molar-refractivity contribution in [3.8, 4) is 0 Å². The van der Waals surface area contributed by atoms with Crippen LogP contribution in [0.4, 0.5) is 10.3 Å². The fourth-order valence-electron chi connectivity index (χ4n) is 4.41. The monoisotopic (exact) mass is 374 g/mol. The van der Waals surface area contributed by atoms with Crippen LogP contribution in [0.3, 0.4) is 0 Å². The van der Waals surface area contributed by atoms with Crippen LogP contribution in [0.2, 0.25) is 5.02 Å². The molecule has 6 heteroatoms. The molecular formula is C20H24ClFN4. The van der Waals surface area contributed by atoms with Gasteiger partial charge >= 0.3 is 0 Å². The topological polar surface area (TPSA) is 32.3 Å². The molecule has 1 aliphatic carbocycles. The van der Waals surface area contributed by atoms with Gasteiger partial charge in [-0.1, -0.05) is 11.6 Å². The Balaban J connectivity index is 1.60. The Morgan fingerprint density at radius 2 is 2.15 bits per heavy atom. The van der Waals surface area contributed by atoms with Gasteiger partial charge in [0.15, 0.2) is 0 Å². The van der Waals surface area contributed by atoms with Crippen LogP contribution >= 0.6 is 11.6 Å². The third-order valence-corrected chi connectivity index (χ3v) is 6.05. The maximum absolute atomic E-state index is 13.6. The van der Waals surface area contributed by atoms with Crippen molar-refractivity contribution in [2.24, 2.45) is 0 Å². The van der Waals surface area contributed by atoms with Crippen LogP contribution < -0.4 is 4.90 Å². The first-order valence-corrected chi connectivity index (χ1v) is 9.55. The van der Waals surface area contributed by atoms with E-state index in [1.165, 1.54) is 17.3 Å². The number of likely N-dealkylation sites (tertiary alicyclic amines) is 1. The molecule has 0 amide bonds. The second-order valence-corrected chi connectivity index (χ2v) is 8.18. The minimum atomic E-state index is -0.231. The van der Waals surface area contributed by atoms with Crippen molar-refractivity contribution in [2.45, 2.75) is 37.6 Å². The first-order valence-electron chi connectivity index (χ1n) is 9.17. The highest BCUT2D eigenvalue weighted by Crippen LogP contribution is 2.44. The minimum Gasteiger partial charge on any atom is -0.347 e. The molecule has 138 valence electrons. The van der Waals surface area contributed by atoms with Crippen molar-refractivity contribution < 1.29 is 4.39 Å². The van der Waals surface area contributed by atoms with E-state index >= 15 is 0 Å². The number of aromatic nitrogens is 2. The second kappa shape index (κ2) is 6.78. The van der Waals surface area contributed by atoms with Gasteiger partial charge in [0, 0.05) is 43.8 Å². The summed E-state index contributed by atoms with van der Waals surface area (Å²) in [6.07, 6.45) is 6.42. The van der Waals surface area contributed by atoms with Gasteiger partial charge in [0.05, 0.1) is 5.69 Å². The molecular weight excluding hydrogens is 351 g/mol. The van der Waals surface area contributed by atoms with Gasteiger partial charge in [0.2, 0.25) is 5.95 Å². The lowest BCUT2D eigenvalue weighted by molar-refractivity contribution is 0.136. The predicted molar refractivity (Wildman–Crippen MR) is 102 cm³/mol. The molecule has 0 bridgehead atoms. The van der Waals surface area contributed by atoms with E-state index in [0.29, 0.717) is 11.6 Å². The SMILES string of the molecule is CN(C)c1ncc2c(n1)C1(CCCN(Cc3cc(F)ccc3Cl)C1)CC2. The molecule has 0 radical (unpaired) electrons. The summed E-state index contributed by atoms with van der Waals surface area (Å²) >= 11 is 6.28. The van der Waals surface area contributed by atoms with Crippen LogP contribution in [0.5, 0.6) is 0 Å². The van der Waals surface area contributed by atoms with Crippen molar-refractivity contribution in [3.63, 3.8) is 0 Å². The second-order valence-electron chi connectivity index (χ2n) is 7.77. The number of benzene rings is 1. The van der Waals surface area contributed by atoms with Crippen molar-refractivity contribution in [3.05, 3.63) is 52.1 Å². The van der Waals surface area contributed by atoms with E-state index < -0.39 is 0 Å². The molecule has 4 rings (SSSR count). The van der Waals surface area contributed by atoms with Gasteiger partial charge in [-0.25, -0.2) is 14.4 Å². The van der Waals surface area contributed by atoms with Crippen LogP contribution in [-0.2, 0) is 18.4 Å². The zero-order chi connectivity index (χ0) is 18.3. The van der Waals surface area contributed by atoms with Gasteiger partial charge in [0.1, 0.15) is 5.82 Å². The average molecular weight is 375 g/mol. The fraction of sp³-hybridized carbons (Fsp3) is 0.500. The van der Waals surface area contributed by atoms with E-state index in [0.717, 1.165) is 50.3 Å². The number of nitrogens with zero attached hydrogens (tertiary/aromatic N) is 4.